The molecule has 5 rings (SSSR count). The number of nitrogens with zero attached hydrogens (tertiary/aromatic N) is 2. The van der Waals surface area contributed by atoms with Crippen LogP contribution in [0.4, 0.5) is 0 Å². The second-order valence-electron chi connectivity index (χ2n) is 9.43. The van der Waals surface area contributed by atoms with Crippen LogP contribution in [-0.4, -0.2) is 40.4 Å². The van der Waals surface area contributed by atoms with Gasteiger partial charge in [0.1, 0.15) is 18.1 Å². The SMILES string of the molecule is CCOc1cc(C2/C(=C(\O)c3ccc(OC)cc3)C(=O)C(=O)N2Cc2cccnc2)ccc1OCc1ccccc1. The maximum Gasteiger partial charge on any atom is 0.295 e. The molecule has 8 heteroatoms. The van der Waals surface area contributed by atoms with Gasteiger partial charge in [0.05, 0.1) is 25.3 Å². The van der Waals surface area contributed by atoms with Gasteiger partial charge in [-0.2, -0.15) is 0 Å². The zero-order valence-electron chi connectivity index (χ0n) is 22.8. The van der Waals surface area contributed by atoms with Gasteiger partial charge < -0.3 is 24.2 Å². The van der Waals surface area contributed by atoms with Crippen molar-refractivity contribution in [1.29, 1.82) is 0 Å². The number of benzene rings is 3. The van der Waals surface area contributed by atoms with E-state index in [0.717, 1.165) is 11.1 Å². The number of ether oxygens (including phenoxy) is 3. The fourth-order valence-electron chi connectivity index (χ4n) is 4.80. The third kappa shape index (κ3) is 5.91. The number of Topliss-reactive ketones (excluding diaryl/α,β-unsaturated/α-hetero) is 1. The van der Waals surface area contributed by atoms with Crippen LogP contribution in [0, 0.1) is 0 Å². The molecule has 1 atom stereocenters. The number of aliphatic hydroxyl groups excluding tert-OH is 1. The van der Waals surface area contributed by atoms with Gasteiger partial charge in [0.2, 0.25) is 0 Å². The van der Waals surface area contributed by atoms with Crippen LogP contribution < -0.4 is 14.2 Å². The van der Waals surface area contributed by atoms with Crippen molar-refractivity contribution in [2.75, 3.05) is 13.7 Å². The molecule has 208 valence electrons. The summed E-state index contributed by atoms with van der Waals surface area (Å²) in [6.07, 6.45) is 3.29. The summed E-state index contributed by atoms with van der Waals surface area (Å²) in [5, 5.41) is 11.4. The van der Waals surface area contributed by atoms with Gasteiger partial charge in [-0.3, -0.25) is 14.6 Å². The van der Waals surface area contributed by atoms with Crippen LogP contribution in [0.25, 0.3) is 5.76 Å². The average molecular weight is 551 g/mol. The van der Waals surface area contributed by atoms with Gasteiger partial charge in [0, 0.05) is 24.5 Å². The van der Waals surface area contributed by atoms with E-state index in [-0.39, 0.29) is 17.9 Å². The number of pyridine rings is 1. The molecule has 1 aliphatic rings. The van der Waals surface area contributed by atoms with Crippen molar-refractivity contribution in [3.63, 3.8) is 0 Å². The minimum Gasteiger partial charge on any atom is -0.507 e. The van der Waals surface area contributed by atoms with Crippen molar-refractivity contribution in [2.45, 2.75) is 26.1 Å². The summed E-state index contributed by atoms with van der Waals surface area (Å²) in [6, 6.07) is 24.5. The summed E-state index contributed by atoms with van der Waals surface area (Å²) in [4.78, 5) is 32.5. The molecule has 1 saturated heterocycles. The van der Waals surface area contributed by atoms with Crippen LogP contribution in [-0.2, 0) is 22.7 Å². The van der Waals surface area contributed by atoms with Crippen molar-refractivity contribution in [2.24, 2.45) is 0 Å². The molecular weight excluding hydrogens is 520 g/mol. The maximum absolute atomic E-state index is 13.5. The highest BCUT2D eigenvalue weighted by Crippen LogP contribution is 2.43. The molecule has 0 bridgehead atoms. The number of carbonyl (C=O) groups is 2. The van der Waals surface area contributed by atoms with Gasteiger partial charge in [0.15, 0.2) is 11.5 Å². The summed E-state index contributed by atoms with van der Waals surface area (Å²) < 4.78 is 17.2. The van der Waals surface area contributed by atoms with E-state index < -0.39 is 17.7 Å². The van der Waals surface area contributed by atoms with E-state index in [4.69, 9.17) is 14.2 Å². The van der Waals surface area contributed by atoms with Crippen LogP contribution in [0.2, 0.25) is 0 Å². The molecule has 8 nitrogen and oxygen atoms in total. The highest BCUT2D eigenvalue weighted by molar-refractivity contribution is 6.46. The zero-order valence-corrected chi connectivity index (χ0v) is 22.8. The lowest BCUT2D eigenvalue weighted by Crippen LogP contribution is -2.29. The summed E-state index contributed by atoms with van der Waals surface area (Å²) >= 11 is 0. The number of rotatable bonds is 10. The van der Waals surface area contributed by atoms with E-state index >= 15 is 0 Å². The highest BCUT2D eigenvalue weighted by Gasteiger charge is 2.46. The fraction of sp³-hybridized carbons (Fsp3) is 0.182. The number of likely N-dealkylation sites (tertiary alicyclic amines) is 1. The first kappa shape index (κ1) is 27.5. The van der Waals surface area contributed by atoms with Gasteiger partial charge in [-0.15, -0.1) is 0 Å². The predicted molar refractivity (Wildman–Crippen MR) is 153 cm³/mol. The first-order chi connectivity index (χ1) is 20.0. The monoisotopic (exact) mass is 550 g/mol. The van der Waals surface area contributed by atoms with E-state index in [0.29, 0.717) is 41.6 Å². The smallest absolute Gasteiger partial charge is 0.295 e. The molecule has 1 N–H and O–H groups in total. The summed E-state index contributed by atoms with van der Waals surface area (Å²) in [6.45, 7) is 2.72. The lowest BCUT2D eigenvalue weighted by molar-refractivity contribution is -0.140. The summed E-state index contributed by atoms with van der Waals surface area (Å²) in [7, 11) is 1.54. The minimum absolute atomic E-state index is 0.00976. The summed E-state index contributed by atoms with van der Waals surface area (Å²) in [5.74, 6) is -0.156. The third-order valence-electron chi connectivity index (χ3n) is 6.80. The number of carbonyl (C=O) groups excluding carboxylic acids is 2. The van der Waals surface area contributed by atoms with E-state index in [2.05, 4.69) is 4.98 Å². The van der Waals surface area contributed by atoms with Gasteiger partial charge >= 0.3 is 0 Å². The molecule has 0 saturated carbocycles. The standard InChI is InChI=1S/C33H30N2O6/c1-3-40-28-18-25(13-16-27(28)41-21-22-8-5-4-6-9-22)30-29(31(36)24-11-14-26(39-2)15-12-24)32(37)33(38)35(30)20-23-10-7-17-34-19-23/h4-19,30,36H,3,20-21H2,1-2H3/b31-29+. The van der Waals surface area contributed by atoms with E-state index in [1.807, 2.05) is 43.3 Å². The molecule has 41 heavy (non-hydrogen) atoms. The highest BCUT2D eigenvalue weighted by atomic mass is 16.5. The second-order valence-corrected chi connectivity index (χ2v) is 9.43. The molecule has 4 aromatic rings. The minimum atomic E-state index is -0.875. The maximum atomic E-state index is 13.5. The number of hydrogen-bond acceptors (Lipinski definition) is 7. The summed E-state index contributed by atoms with van der Waals surface area (Å²) in [5.41, 5.74) is 2.73. The Bertz CT molecular complexity index is 1550. The van der Waals surface area contributed by atoms with Gasteiger partial charge in [0.25, 0.3) is 11.7 Å². The lowest BCUT2D eigenvalue weighted by Gasteiger charge is -2.26. The zero-order chi connectivity index (χ0) is 28.8. The van der Waals surface area contributed by atoms with Crippen LogP contribution in [0.5, 0.6) is 17.2 Å². The Hall–Kier alpha value is -5.11. The Morgan fingerprint density at radius 3 is 2.34 bits per heavy atom. The Labute approximate surface area is 238 Å². The van der Waals surface area contributed by atoms with Crippen LogP contribution in [0.1, 0.15) is 35.2 Å². The Morgan fingerprint density at radius 1 is 0.902 bits per heavy atom. The third-order valence-corrected chi connectivity index (χ3v) is 6.80. The van der Waals surface area contributed by atoms with Crippen LogP contribution in [0.3, 0.4) is 0 Å². The average Bonchev–Trinajstić information content (AvgIpc) is 3.26. The molecule has 3 aromatic carbocycles. The normalized spacial score (nSPS) is 16.0. The lowest BCUT2D eigenvalue weighted by atomic mass is 9.94. The van der Waals surface area contributed by atoms with Crippen molar-refractivity contribution < 1.29 is 28.9 Å². The van der Waals surface area contributed by atoms with Crippen LogP contribution in [0.15, 0.2) is 103 Å². The fourth-order valence-corrected chi connectivity index (χ4v) is 4.80. The van der Waals surface area contributed by atoms with Crippen LogP contribution >= 0.6 is 0 Å². The Morgan fingerprint density at radius 2 is 1.66 bits per heavy atom. The Balaban J connectivity index is 1.58. The molecule has 1 aliphatic heterocycles. The van der Waals surface area contributed by atoms with Crippen molar-refractivity contribution in [3.8, 4) is 17.2 Å². The van der Waals surface area contributed by atoms with E-state index in [1.165, 1.54) is 4.90 Å². The molecule has 1 aromatic heterocycles. The Kier molecular flexibility index (Phi) is 8.29. The molecular formula is C33H30N2O6. The number of aliphatic hydroxyl groups is 1. The van der Waals surface area contributed by atoms with Gasteiger partial charge in [-0.1, -0.05) is 42.5 Å². The largest absolute Gasteiger partial charge is 0.507 e. The van der Waals surface area contributed by atoms with E-state index in [9.17, 15) is 14.7 Å². The van der Waals surface area contributed by atoms with Crippen molar-refractivity contribution in [3.05, 3.63) is 125 Å². The topological polar surface area (TPSA) is 98.2 Å². The first-order valence-electron chi connectivity index (χ1n) is 13.2. The number of methoxy groups -OCH3 is 1. The molecule has 1 fully saturated rings. The van der Waals surface area contributed by atoms with E-state index in [1.54, 1.807) is 68.0 Å². The molecule has 0 aliphatic carbocycles. The predicted octanol–water partition coefficient (Wildman–Crippen LogP) is 5.69. The molecule has 1 unspecified atom stereocenters. The number of ketones is 1. The quantitative estimate of drug-likeness (QED) is 0.154. The molecule has 2 heterocycles. The molecule has 0 radical (unpaired) electrons. The van der Waals surface area contributed by atoms with Crippen molar-refractivity contribution >= 4 is 17.4 Å². The van der Waals surface area contributed by atoms with Gasteiger partial charge in [-0.25, -0.2) is 0 Å². The van der Waals surface area contributed by atoms with Crippen molar-refractivity contribution in [1.82, 2.24) is 9.88 Å². The first-order valence-corrected chi connectivity index (χ1v) is 13.2. The van der Waals surface area contributed by atoms with Gasteiger partial charge in [-0.05, 0) is 66.1 Å². The number of aromatic nitrogens is 1. The molecule has 1 amide bonds. The molecule has 0 spiro atoms. The number of hydrogen-bond donors (Lipinski definition) is 1. The second kappa shape index (κ2) is 12.4. The number of amides is 1.